The number of benzene rings is 2. The number of anilines is 1. The highest BCUT2D eigenvalue weighted by Crippen LogP contribution is 2.24. The van der Waals surface area contributed by atoms with Crippen molar-refractivity contribution >= 4 is 34.8 Å². The van der Waals surface area contributed by atoms with Gasteiger partial charge in [0.1, 0.15) is 5.75 Å². The van der Waals surface area contributed by atoms with E-state index in [1.54, 1.807) is 42.5 Å². The largest absolute Gasteiger partial charge is 0.438 e. The van der Waals surface area contributed by atoms with Gasteiger partial charge >= 0.3 is 0 Å². The van der Waals surface area contributed by atoms with Crippen LogP contribution in [0.1, 0.15) is 10.4 Å². The van der Waals surface area contributed by atoms with Gasteiger partial charge in [-0.1, -0.05) is 23.2 Å². The third-order valence-corrected chi connectivity index (χ3v) is 4.55. The number of hydrogen-bond acceptors (Lipinski definition) is 4. The van der Waals surface area contributed by atoms with Crippen molar-refractivity contribution < 1.29 is 9.53 Å². The van der Waals surface area contributed by atoms with Crippen LogP contribution >= 0.6 is 23.2 Å². The van der Waals surface area contributed by atoms with E-state index in [2.05, 4.69) is 15.5 Å². The van der Waals surface area contributed by atoms with E-state index in [0.29, 0.717) is 33.7 Å². The molecule has 1 N–H and O–H groups in total. The van der Waals surface area contributed by atoms with E-state index in [1.807, 2.05) is 35.2 Å². The molecule has 29 heavy (non-hydrogen) atoms. The minimum absolute atomic E-state index is 0.289. The van der Waals surface area contributed by atoms with Gasteiger partial charge in [0.05, 0.1) is 10.6 Å². The molecule has 0 radical (unpaired) electrons. The lowest BCUT2D eigenvalue weighted by Crippen LogP contribution is -2.12. The zero-order valence-electron chi connectivity index (χ0n) is 14.9. The van der Waals surface area contributed by atoms with Gasteiger partial charge in [-0.15, -0.1) is 10.2 Å². The van der Waals surface area contributed by atoms with Gasteiger partial charge in [0.15, 0.2) is 5.82 Å². The van der Waals surface area contributed by atoms with Crippen LogP contribution in [0.3, 0.4) is 0 Å². The molecule has 0 spiro atoms. The minimum Gasteiger partial charge on any atom is -0.438 e. The minimum atomic E-state index is -0.327. The maximum atomic E-state index is 12.4. The lowest BCUT2D eigenvalue weighted by Gasteiger charge is -2.09. The van der Waals surface area contributed by atoms with E-state index in [4.69, 9.17) is 27.9 Å². The molecule has 1 amide bonds. The van der Waals surface area contributed by atoms with Gasteiger partial charge in [0.25, 0.3) is 5.91 Å². The van der Waals surface area contributed by atoms with Gasteiger partial charge in [-0.05, 0) is 60.7 Å². The van der Waals surface area contributed by atoms with E-state index in [0.717, 1.165) is 0 Å². The number of ether oxygens (including phenoxy) is 1. The zero-order chi connectivity index (χ0) is 20.2. The first-order chi connectivity index (χ1) is 14.1. The highest BCUT2D eigenvalue weighted by Gasteiger charge is 2.11. The summed E-state index contributed by atoms with van der Waals surface area (Å²) in [7, 11) is 0. The molecule has 4 rings (SSSR count). The van der Waals surface area contributed by atoms with Crippen molar-refractivity contribution in [2.24, 2.45) is 0 Å². The lowest BCUT2D eigenvalue weighted by atomic mass is 10.2. The zero-order valence-corrected chi connectivity index (χ0v) is 16.4. The van der Waals surface area contributed by atoms with E-state index in [9.17, 15) is 4.79 Å². The molecular formula is C21H14Cl2N4O2. The Balaban J connectivity index is 1.40. The molecule has 4 aromatic rings. The Bertz CT molecular complexity index is 1130. The smallest absolute Gasteiger partial charge is 0.257 e. The number of rotatable bonds is 5. The number of amides is 1. The van der Waals surface area contributed by atoms with E-state index in [1.165, 1.54) is 6.07 Å². The van der Waals surface area contributed by atoms with Crippen LogP contribution in [0.25, 0.3) is 5.82 Å². The van der Waals surface area contributed by atoms with Crippen molar-refractivity contribution in [2.75, 3.05) is 5.32 Å². The quantitative estimate of drug-likeness (QED) is 0.451. The van der Waals surface area contributed by atoms with Crippen LogP contribution in [0.15, 0.2) is 79.1 Å². The Morgan fingerprint density at radius 1 is 0.931 bits per heavy atom. The summed E-state index contributed by atoms with van der Waals surface area (Å²) in [5, 5.41) is 11.7. The van der Waals surface area contributed by atoms with Gasteiger partial charge in [0, 0.05) is 29.2 Å². The molecule has 0 saturated carbocycles. The summed E-state index contributed by atoms with van der Waals surface area (Å²) in [5.74, 6) is 1.30. The van der Waals surface area contributed by atoms with E-state index in [-0.39, 0.29) is 10.9 Å². The number of nitrogens with one attached hydrogen (secondary N) is 1. The monoisotopic (exact) mass is 424 g/mol. The summed E-state index contributed by atoms with van der Waals surface area (Å²) in [6, 6.07) is 19.0. The average molecular weight is 425 g/mol. The van der Waals surface area contributed by atoms with Crippen LogP contribution < -0.4 is 10.1 Å². The average Bonchev–Trinajstić information content (AvgIpc) is 3.25. The third-order valence-electron chi connectivity index (χ3n) is 4.01. The second kappa shape index (κ2) is 8.34. The first-order valence-corrected chi connectivity index (χ1v) is 9.35. The number of hydrogen-bond donors (Lipinski definition) is 1. The number of halogens is 2. The molecule has 0 aliphatic carbocycles. The molecule has 0 aliphatic rings. The van der Waals surface area contributed by atoms with Crippen molar-refractivity contribution in [3.8, 4) is 17.4 Å². The molecule has 2 heterocycles. The van der Waals surface area contributed by atoms with Crippen molar-refractivity contribution in [3.63, 3.8) is 0 Å². The number of nitrogens with zero attached hydrogens (tertiary/aromatic N) is 3. The van der Waals surface area contributed by atoms with Crippen molar-refractivity contribution in [3.05, 3.63) is 94.7 Å². The Morgan fingerprint density at radius 2 is 1.69 bits per heavy atom. The predicted octanol–water partition coefficient (Wildman–Crippen LogP) is 5.62. The van der Waals surface area contributed by atoms with Gasteiger partial charge in [-0.2, -0.15) is 0 Å². The molecule has 0 bridgehead atoms. The summed E-state index contributed by atoms with van der Waals surface area (Å²) >= 11 is 11.9. The van der Waals surface area contributed by atoms with E-state index >= 15 is 0 Å². The van der Waals surface area contributed by atoms with Crippen LogP contribution in [0, 0.1) is 0 Å². The van der Waals surface area contributed by atoms with Gasteiger partial charge in [-0.3, -0.25) is 4.79 Å². The summed E-state index contributed by atoms with van der Waals surface area (Å²) < 4.78 is 7.54. The first kappa shape index (κ1) is 19.0. The fourth-order valence-corrected chi connectivity index (χ4v) is 3.09. The lowest BCUT2D eigenvalue weighted by molar-refractivity contribution is 0.102. The van der Waals surface area contributed by atoms with Crippen molar-refractivity contribution in [1.82, 2.24) is 14.8 Å². The van der Waals surface area contributed by atoms with Gasteiger partial charge in [0.2, 0.25) is 5.88 Å². The molecule has 8 heteroatoms. The molecule has 2 aromatic carbocycles. The molecule has 0 aliphatic heterocycles. The molecule has 0 unspecified atom stereocenters. The van der Waals surface area contributed by atoms with Crippen molar-refractivity contribution in [1.29, 1.82) is 0 Å². The maximum absolute atomic E-state index is 12.4. The summed E-state index contributed by atoms with van der Waals surface area (Å²) in [5.41, 5.74) is 0.942. The molecule has 144 valence electrons. The molecule has 2 aromatic heterocycles. The van der Waals surface area contributed by atoms with Gasteiger partial charge < -0.3 is 14.6 Å². The fourth-order valence-electron chi connectivity index (χ4n) is 2.59. The normalized spacial score (nSPS) is 10.6. The molecular weight excluding hydrogens is 411 g/mol. The van der Waals surface area contributed by atoms with Crippen LogP contribution in [0.4, 0.5) is 5.69 Å². The topological polar surface area (TPSA) is 69.0 Å². The van der Waals surface area contributed by atoms with Crippen LogP contribution in [0.5, 0.6) is 11.6 Å². The van der Waals surface area contributed by atoms with E-state index < -0.39 is 0 Å². The highest BCUT2D eigenvalue weighted by atomic mass is 35.5. The SMILES string of the molecule is O=C(Nc1ccc(Oc2ccc(-n3cccc3)nn2)cc1)c1ccc(Cl)cc1Cl. The Hall–Kier alpha value is -3.35. The Labute approximate surface area is 176 Å². The second-order valence-electron chi connectivity index (χ2n) is 6.02. The van der Waals surface area contributed by atoms with Crippen LogP contribution in [-0.4, -0.2) is 20.7 Å². The highest BCUT2D eigenvalue weighted by molar-refractivity contribution is 6.37. The Morgan fingerprint density at radius 3 is 2.34 bits per heavy atom. The van der Waals surface area contributed by atoms with Crippen LogP contribution in [0.2, 0.25) is 10.0 Å². The number of aromatic nitrogens is 3. The van der Waals surface area contributed by atoms with Crippen LogP contribution in [-0.2, 0) is 0 Å². The number of carbonyl (C=O) groups is 1. The summed E-state index contributed by atoms with van der Waals surface area (Å²) in [4.78, 5) is 12.4. The molecule has 0 fully saturated rings. The predicted molar refractivity (Wildman–Crippen MR) is 112 cm³/mol. The molecule has 0 atom stereocenters. The fraction of sp³-hybridized carbons (Fsp3) is 0. The molecule has 0 saturated heterocycles. The number of carbonyl (C=O) groups excluding carboxylic acids is 1. The Kier molecular flexibility index (Phi) is 5.46. The molecule has 6 nitrogen and oxygen atoms in total. The first-order valence-electron chi connectivity index (χ1n) is 8.60. The van der Waals surface area contributed by atoms with Gasteiger partial charge in [-0.25, -0.2) is 0 Å². The summed E-state index contributed by atoms with van der Waals surface area (Å²) in [6.07, 6.45) is 3.77. The van der Waals surface area contributed by atoms with Crippen molar-refractivity contribution in [2.45, 2.75) is 0 Å². The maximum Gasteiger partial charge on any atom is 0.257 e. The third kappa shape index (κ3) is 4.56. The second-order valence-corrected chi connectivity index (χ2v) is 6.87. The summed E-state index contributed by atoms with van der Waals surface area (Å²) in [6.45, 7) is 0. The standard InChI is InChI=1S/C21H14Cl2N4O2/c22-14-3-8-17(18(23)13-14)21(28)24-15-4-6-16(7-5-15)29-20-10-9-19(25-26-20)27-11-1-2-12-27/h1-13H,(H,24,28).